The van der Waals surface area contributed by atoms with Crippen LogP contribution in [0.3, 0.4) is 0 Å². The molecule has 1 aromatic rings. The maximum Gasteiger partial charge on any atom is 0.184 e. The van der Waals surface area contributed by atoms with Crippen LogP contribution in [0.1, 0.15) is 38.2 Å². The third kappa shape index (κ3) is 3.86. The van der Waals surface area contributed by atoms with Crippen LogP contribution < -0.4 is 14.8 Å². The van der Waals surface area contributed by atoms with Crippen molar-refractivity contribution in [1.82, 2.24) is 4.90 Å². The van der Waals surface area contributed by atoms with Crippen molar-refractivity contribution in [2.45, 2.75) is 39.0 Å². The van der Waals surface area contributed by atoms with Gasteiger partial charge in [0.15, 0.2) is 11.5 Å². The molecule has 0 bridgehead atoms. The zero-order valence-corrected chi connectivity index (χ0v) is 13.7. The second kappa shape index (κ2) is 7.73. The number of benzene rings is 1. The number of hydrogen-bond donors (Lipinski definition) is 1. The highest BCUT2D eigenvalue weighted by atomic mass is 16.5. The summed E-state index contributed by atoms with van der Waals surface area (Å²) in [6.07, 6.45) is 6.46. The first-order valence-corrected chi connectivity index (χ1v) is 8.75. The fraction of sp³-hybridized carbons (Fsp3) is 0.667. The van der Waals surface area contributed by atoms with E-state index in [1.807, 2.05) is 6.92 Å². The Morgan fingerprint density at radius 1 is 1.23 bits per heavy atom. The summed E-state index contributed by atoms with van der Waals surface area (Å²) in [5, 5.41) is 3.43. The molecule has 0 spiro atoms. The van der Waals surface area contributed by atoms with Gasteiger partial charge >= 0.3 is 0 Å². The average molecular weight is 304 g/mol. The van der Waals surface area contributed by atoms with E-state index in [-0.39, 0.29) is 0 Å². The van der Waals surface area contributed by atoms with Crippen LogP contribution in [0.15, 0.2) is 12.1 Å². The van der Waals surface area contributed by atoms with Crippen molar-refractivity contribution in [3.05, 3.63) is 17.7 Å². The molecule has 0 aromatic heterocycles. The van der Waals surface area contributed by atoms with Crippen molar-refractivity contribution < 1.29 is 9.47 Å². The molecule has 122 valence electrons. The fourth-order valence-electron chi connectivity index (χ4n) is 3.38. The second-order valence-electron chi connectivity index (χ2n) is 6.18. The third-order valence-electron chi connectivity index (χ3n) is 4.47. The molecule has 1 fully saturated rings. The van der Waals surface area contributed by atoms with Gasteiger partial charge in [-0.1, -0.05) is 6.42 Å². The molecule has 1 saturated heterocycles. The first-order chi connectivity index (χ1) is 10.9. The Morgan fingerprint density at radius 3 is 2.91 bits per heavy atom. The standard InChI is InChI=1S/C18H28N2O2/c1-2-21-17-14-15(13-16-18(17)22-12-8-19-16)7-6-11-20-9-4-3-5-10-20/h13-14,19H,2-12H2,1H3. The fourth-order valence-corrected chi connectivity index (χ4v) is 3.38. The normalized spacial score (nSPS) is 18.2. The Hall–Kier alpha value is -1.42. The lowest BCUT2D eigenvalue weighted by Crippen LogP contribution is -2.30. The summed E-state index contributed by atoms with van der Waals surface area (Å²) in [7, 11) is 0. The number of nitrogens with one attached hydrogen (secondary N) is 1. The van der Waals surface area contributed by atoms with Crippen LogP contribution in [0, 0.1) is 0 Å². The number of rotatable bonds is 6. The van der Waals surface area contributed by atoms with Gasteiger partial charge < -0.3 is 19.7 Å². The maximum atomic E-state index is 5.77. The highest BCUT2D eigenvalue weighted by Gasteiger charge is 2.17. The van der Waals surface area contributed by atoms with Gasteiger partial charge in [0.05, 0.1) is 12.3 Å². The number of aryl methyl sites for hydroxylation is 1. The molecule has 0 unspecified atom stereocenters. The summed E-state index contributed by atoms with van der Waals surface area (Å²) >= 11 is 0. The number of fused-ring (bicyclic) bond motifs is 1. The molecule has 2 aliphatic heterocycles. The Bertz CT molecular complexity index is 484. The van der Waals surface area contributed by atoms with E-state index in [0.29, 0.717) is 13.2 Å². The molecule has 22 heavy (non-hydrogen) atoms. The van der Waals surface area contributed by atoms with Crippen molar-refractivity contribution >= 4 is 5.69 Å². The predicted molar refractivity (Wildman–Crippen MR) is 90.2 cm³/mol. The highest BCUT2D eigenvalue weighted by molar-refractivity contribution is 5.66. The van der Waals surface area contributed by atoms with Gasteiger partial charge in [-0.2, -0.15) is 0 Å². The van der Waals surface area contributed by atoms with Gasteiger partial charge in [0, 0.05) is 6.54 Å². The molecule has 4 nitrogen and oxygen atoms in total. The van der Waals surface area contributed by atoms with E-state index in [0.717, 1.165) is 30.2 Å². The van der Waals surface area contributed by atoms with Crippen molar-refractivity contribution in [3.63, 3.8) is 0 Å². The van der Waals surface area contributed by atoms with Crippen molar-refractivity contribution in [2.24, 2.45) is 0 Å². The Labute approximate surface area is 133 Å². The van der Waals surface area contributed by atoms with Crippen LogP contribution in [0.4, 0.5) is 5.69 Å². The summed E-state index contributed by atoms with van der Waals surface area (Å²) in [6, 6.07) is 4.39. The second-order valence-corrected chi connectivity index (χ2v) is 6.18. The van der Waals surface area contributed by atoms with Gasteiger partial charge in [-0.15, -0.1) is 0 Å². The first-order valence-electron chi connectivity index (χ1n) is 8.75. The van der Waals surface area contributed by atoms with Crippen LogP contribution in [0.25, 0.3) is 0 Å². The van der Waals surface area contributed by atoms with E-state index in [9.17, 15) is 0 Å². The minimum absolute atomic E-state index is 0.674. The molecule has 3 rings (SSSR count). The third-order valence-corrected chi connectivity index (χ3v) is 4.47. The molecule has 2 aliphatic rings. The van der Waals surface area contributed by atoms with Crippen LogP contribution in [-0.2, 0) is 6.42 Å². The van der Waals surface area contributed by atoms with Crippen molar-refractivity contribution in [3.8, 4) is 11.5 Å². The van der Waals surface area contributed by atoms with Crippen LogP contribution in [0.5, 0.6) is 11.5 Å². The van der Waals surface area contributed by atoms with E-state index < -0.39 is 0 Å². The maximum absolute atomic E-state index is 5.77. The van der Waals surface area contributed by atoms with Gasteiger partial charge in [-0.25, -0.2) is 0 Å². The number of ether oxygens (including phenoxy) is 2. The van der Waals surface area contributed by atoms with Gasteiger partial charge in [0.2, 0.25) is 0 Å². The van der Waals surface area contributed by atoms with E-state index in [1.165, 1.54) is 50.9 Å². The molecule has 0 saturated carbocycles. The topological polar surface area (TPSA) is 33.7 Å². The molecule has 1 N–H and O–H groups in total. The Balaban J connectivity index is 1.61. The van der Waals surface area contributed by atoms with Gasteiger partial charge in [-0.05, 0) is 69.9 Å². The van der Waals surface area contributed by atoms with Crippen LogP contribution >= 0.6 is 0 Å². The molecule has 2 heterocycles. The van der Waals surface area contributed by atoms with E-state index in [4.69, 9.17) is 9.47 Å². The van der Waals surface area contributed by atoms with E-state index in [2.05, 4.69) is 22.3 Å². The molecular formula is C18H28N2O2. The minimum atomic E-state index is 0.674. The minimum Gasteiger partial charge on any atom is -0.490 e. The summed E-state index contributed by atoms with van der Waals surface area (Å²) in [6.45, 7) is 8.05. The number of piperidine rings is 1. The molecule has 4 heteroatoms. The van der Waals surface area contributed by atoms with E-state index in [1.54, 1.807) is 0 Å². The van der Waals surface area contributed by atoms with Crippen molar-refractivity contribution in [2.75, 3.05) is 44.7 Å². The van der Waals surface area contributed by atoms with Gasteiger partial charge in [0.25, 0.3) is 0 Å². The molecule has 0 atom stereocenters. The average Bonchev–Trinajstić information content (AvgIpc) is 2.56. The van der Waals surface area contributed by atoms with Gasteiger partial charge in [0.1, 0.15) is 6.61 Å². The zero-order valence-electron chi connectivity index (χ0n) is 13.7. The number of hydrogen-bond acceptors (Lipinski definition) is 4. The van der Waals surface area contributed by atoms with Gasteiger partial charge in [-0.3, -0.25) is 0 Å². The molecule has 0 radical (unpaired) electrons. The molecule has 1 aromatic carbocycles. The van der Waals surface area contributed by atoms with E-state index >= 15 is 0 Å². The SMILES string of the molecule is CCOc1cc(CCCN2CCCCC2)cc2c1OCCN2. The molecule has 0 amide bonds. The highest BCUT2D eigenvalue weighted by Crippen LogP contribution is 2.39. The lowest BCUT2D eigenvalue weighted by Gasteiger charge is -2.26. The molecule has 0 aliphatic carbocycles. The van der Waals surface area contributed by atoms with Crippen LogP contribution in [0.2, 0.25) is 0 Å². The van der Waals surface area contributed by atoms with Crippen molar-refractivity contribution in [1.29, 1.82) is 0 Å². The zero-order chi connectivity index (χ0) is 15.2. The quantitative estimate of drug-likeness (QED) is 0.874. The summed E-state index contributed by atoms with van der Waals surface area (Å²) < 4.78 is 11.5. The largest absolute Gasteiger partial charge is 0.490 e. The smallest absolute Gasteiger partial charge is 0.184 e. The predicted octanol–water partition coefficient (Wildman–Crippen LogP) is 3.31. The summed E-state index contributed by atoms with van der Waals surface area (Å²) in [4.78, 5) is 2.60. The number of likely N-dealkylation sites (tertiary alicyclic amines) is 1. The van der Waals surface area contributed by atoms with Crippen LogP contribution in [-0.4, -0.2) is 44.3 Å². The Morgan fingerprint density at radius 2 is 2.09 bits per heavy atom. The molecular weight excluding hydrogens is 276 g/mol. The first kappa shape index (κ1) is 15.5. The number of nitrogens with zero attached hydrogens (tertiary/aromatic N) is 1. The monoisotopic (exact) mass is 304 g/mol. The lowest BCUT2D eigenvalue weighted by molar-refractivity contribution is 0.226. The summed E-state index contributed by atoms with van der Waals surface area (Å²) in [5.41, 5.74) is 2.43. The summed E-state index contributed by atoms with van der Waals surface area (Å²) in [5.74, 6) is 1.77. The number of anilines is 1. The Kier molecular flexibility index (Phi) is 5.43. The lowest BCUT2D eigenvalue weighted by atomic mass is 10.1.